The van der Waals surface area contributed by atoms with Gasteiger partial charge in [0.1, 0.15) is 5.60 Å². The molecule has 0 aromatic heterocycles. The van der Waals surface area contributed by atoms with Crippen molar-refractivity contribution < 1.29 is 14.3 Å². The Labute approximate surface area is 160 Å². The number of ether oxygens (including phenoxy) is 1. The number of hydrogen-bond acceptors (Lipinski definition) is 3. The van der Waals surface area contributed by atoms with Crippen LogP contribution in [0.25, 0.3) is 16.7 Å². The Kier molecular flexibility index (Phi) is 5.17. The number of rotatable bonds is 2. The predicted molar refractivity (Wildman–Crippen MR) is 107 cm³/mol. The molecule has 2 amide bonds. The van der Waals surface area contributed by atoms with Crippen molar-refractivity contribution >= 4 is 17.6 Å². The van der Waals surface area contributed by atoms with E-state index in [1.165, 1.54) is 4.90 Å². The molecular formula is C23H25NO3. The third-order valence-corrected chi connectivity index (χ3v) is 4.44. The molecule has 0 fully saturated rings. The maximum atomic E-state index is 12.6. The van der Waals surface area contributed by atoms with Crippen LogP contribution in [0.15, 0.2) is 60.7 Å². The zero-order valence-electron chi connectivity index (χ0n) is 16.2. The van der Waals surface area contributed by atoms with Crippen molar-refractivity contribution in [3.8, 4) is 11.1 Å². The molecule has 2 aromatic rings. The Hall–Kier alpha value is -2.88. The average Bonchev–Trinajstić information content (AvgIpc) is 2.60. The number of nitrogens with zero attached hydrogens (tertiary/aromatic N) is 1. The average molecular weight is 363 g/mol. The zero-order valence-corrected chi connectivity index (χ0v) is 16.2. The largest absolute Gasteiger partial charge is 0.443 e. The predicted octanol–water partition coefficient (Wildman–Crippen LogP) is 5.29. The van der Waals surface area contributed by atoms with Gasteiger partial charge < -0.3 is 4.74 Å². The summed E-state index contributed by atoms with van der Waals surface area (Å²) < 4.78 is 5.36. The summed E-state index contributed by atoms with van der Waals surface area (Å²) in [5, 5.41) is 0. The summed E-state index contributed by atoms with van der Waals surface area (Å²) in [5.41, 5.74) is 3.59. The molecule has 0 spiro atoms. The van der Waals surface area contributed by atoms with Crippen molar-refractivity contribution in [1.82, 2.24) is 4.90 Å². The summed E-state index contributed by atoms with van der Waals surface area (Å²) in [7, 11) is 0. The fourth-order valence-corrected chi connectivity index (χ4v) is 3.19. The summed E-state index contributed by atoms with van der Waals surface area (Å²) in [6.07, 6.45) is 1.56. The van der Waals surface area contributed by atoms with Crippen LogP contribution in [0.1, 0.15) is 39.7 Å². The van der Waals surface area contributed by atoms with Gasteiger partial charge in [-0.05, 0) is 56.4 Å². The van der Waals surface area contributed by atoms with Crippen molar-refractivity contribution in [1.29, 1.82) is 0 Å². The molecule has 140 valence electrons. The van der Waals surface area contributed by atoms with Gasteiger partial charge in [-0.1, -0.05) is 54.6 Å². The monoisotopic (exact) mass is 363 g/mol. The first-order valence-corrected chi connectivity index (χ1v) is 9.17. The Morgan fingerprint density at radius 2 is 1.52 bits per heavy atom. The van der Waals surface area contributed by atoms with E-state index in [4.69, 9.17) is 4.74 Å². The highest BCUT2D eigenvalue weighted by Gasteiger charge is 2.34. The molecule has 1 atom stereocenters. The molecule has 0 unspecified atom stereocenters. The number of amides is 2. The van der Waals surface area contributed by atoms with E-state index in [0.29, 0.717) is 6.42 Å². The van der Waals surface area contributed by atoms with Gasteiger partial charge in [0.15, 0.2) is 0 Å². The smallest absolute Gasteiger partial charge is 0.417 e. The van der Waals surface area contributed by atoms with Crippen LogP contribution in [0.2, 0.25) is 0 Å². The van der Waals surface area contributed by atoms with E-state index in [2.05, 4.69) is 24.3 Å². The first kappa shape index (κ1) is 18.9. The van der Waals surface area contributed by atoms with Crippen molar-refractivity contribution in [3.63, 3.8) is 0 Å². The van der Waals surface area contributed by atoms with E-state index in [-0.39, 0.29) is 11.9 Å². The molecule has 1 aliphatic rings. The quantitative estimate of drug-likeness (QED) is 0.728. The topological polar surface area (TPSA) is 46.6 Å². The molecule has 0 aliphatic carbocycles. The molecule has 0 bridgehead atoms. The second kappa shape index (κ2) is 7.39. The molecule has 4 nitrogen and oxygen atoms in total. The second-order valence-electron chi connectivity index (χ2n) is 7.85. The van der Waals surface area contributed by atoms with Crippen LogP contribution in [0.3, 0.4) is 0 Å². The molecule has 0 saturated carbocycles. The lowest BCUT2D eigenvalue weighted by Gasteiger charge is -2.33. The minimum Gasteiger partial charge on any atom is -0.443 e. The Morgan fingerprint density at radius 1 is 0.963 bits per heavy atom. The number of imide groups is 1. The van der Waals surface area contributed by atoms with E-state index in [1.54, 1.807) is 26.8 Å². The van der Waals surface area contributed by atoms with Crippen LogP contribution in [0.5, 0.6) is 0 Å². The summed E-state index contributed by atoms with van der Waals surface area (Å²) in [5.74, 6) is -0.329. The van der Waals surface area contributed by atoms with Crippen LogP contribution >= 0.6 is 0 Å². The minimum atomic E-state index is -0.631. The van der Waals surface area contributed by atoms with Gasteiger partial charge in [0.25, 0.3) is 5.91 Å². The highest BCUT2D eigenvalue weighted by Crippen LogP contribution is 2.30. The maximum absolute atomic E-state index is 12.6. The van der Waals surface area contributed by atoms with Crippen molar-refractivity contribution in [2.45, 2.75) is 45.8 Å². The van der Waals surface area contributed by atoms with Gasteiger partial charge in [-0.25, -0.2) is 9.69 Å². The Bertz CT molecular complexity index is 861. The lowest BCUT2D eigenvalue weighted by molar-refractivity contribution is -0.127. The van der Waals surface area contributed by atoms with Gasteiger partial charge in [-0.15, -0.1) is 0 Å². The molecule has 0 radical (unpaired) electrons. The van der Waals surface area contributed by atoms with Gasteiger partial charge in [-0.2, -0.15) is 0 Å². The van der Waals surface area contributed by atoms with Crippen LogP contribution in [0.4, 0.5) is 4.79 Å². The van der Waals surface area contributed by atoms with Gasteiger partial charge >= 0.3 is 6.09 Å². The number of benzene rings is 2. The Balaban J connectivity index is 1.79. The minimum absolute atomic E-state index is 0.249. The van der Waals surface area contributed by atoms with Gasteiger partial charge in [0, 0.05) is 12.1 Å². The lowest BCUT2D eigenvalue weighted by atomic mass is 9.93. The first-order chi connectivity index (χ1) is 12.7. The van der Waals surface area contributed by atoms with Crippen molar-refractivity contribution in [2.75, 3.05) is 0 Å². The lowest BCUT2D eigenvalue weighted by Crippen LogP contribution is -2.47. The standard InChI is InChI=1S/C23H25NO3/c1-16-14-20(15-21(25)24(16)22(26)27-23(2,3)4)19-12-10-18(11-13-19)17-8-6-5-7-9-17/h5-13,15-16H,14H2,1-4H3/t16-/m0/s1. The van der Waals surface area contributed by atoms with Gasteiger partial charge in [0.2, 0.25) is 0 Å². The van der Waals surface area contributed by atoms with E-state index in [0.717, 1.165) is 22.3 Å². The van der Waals surface area contributed by atoms with Crippen LogP contribution in [0, 0.1) is 0 Å². The number of hydrogen-bond donors (Lipinski definition) is 0. The Morgan fingerprint density at radius 3 is 2.07 bits per heavy atom. The van der Waals surface area contributed by atoms with Crippen molar-refractivity contribution in [2.24, 2.45) is 0 Å². The summed E-state index contributed by atoms with van der Waals surface area (Å²) >= 11 is 0. The molecular weight excluding hydrogens is 338 g/mol. The van der Waals surface area contributed by atoms with E-state index < -0.39 is 11.7 Å². The highest BCUT2D eigenvalue weighted by atomic mass is 16.6. The van der Waals surface area contributed by atoms with Crippen LogP contribution in [-0.4, -0.2) is 28.5 Å². The highest BCUT2D eigenvalue weighted by molar-refractivity contribution is 6.05. The summed E-state index contributed by atoms with van der Waals surface area (Å²) in [6, 6.07) is 18.1. The summed E-state index contributed by atoms with van der Waals surface area (Å²) in [6.45, 7) is 7.24. The van der Waals surface area contributed by atoms with Gasteiger partial charge in [0.05, 0.1) is 0 Å². The fourth-order valence-electron chi connectivity index (χ4n) is 3.19. The molecule has 0 saturated heterocycles. The normalized spacial score (nSPS) is 17.5. The SMILES string of the molecule is C[C@H]1CC(c2ccc(-c3ccccc3)cc2)=CC(=O)N1C(=O)OC(C)(C)C. The third kappa shape index (κ3) is 4.45. The fraction of sp³-hybridized carbons (Fsp3) is 0.304. The number of carbonyl (C=O) groups is 2. The molecule has 0 N–H and O–H groups in total. The van der Waals surface area contributed by atoms with Crippen molar-refractivity contribution in [3.05, 3.63) is 66.2 Å². The molecule has 27 heavy (non-hydrogen) atoms. The van der Waals surface area contributed by atoms with Gasteiger partial charge in [-0.3, -0.25) is 4.79 Å². The summed E-state index contributed by atoms with van der Waals surface area (Å²) in [4.78, 5) is 26.1. The molecule has 2 aromatic carbocycles. The second-order valence-corrected chi connectivity index (χ2v) is 7.85. The van der Waals surface area contributed by atoms with Crippen LogP contribution < -0.4 is 0 Å². The molecule has 1 aliphatic heterocycles. The first-order valence-electron chi connectivity index (χ1n) is 9.17. The third-order valence-electron chi connectivity index (χ3n) is 4.44. The zero-order chi connectivity index (χ0) is 19.6. The maximum Gasteiger partial charge on any atom is 0.417 e. The molecule has 1 heterocycles. The molecule has 4 heteroatoms. The van der Waals surface area contributed by atoms with E-state index in [9.17, 15) is 9.59 Å². The van der Waals surface area contributed by atoms with E-state index in [1.807, 2.05) is 37.3 Å². The van der Waals surface area contributed by atoms with E-state index >= 15 is 0 Å². The molecule has 3 rings (SSSR count). The number of carbonyl (C=O) groups excluding carboxylic acids is 2. The van der Waals surface area contributed by atoms with Crippen LogP contribution in [-0.2, 0) is 9.53 Å².